The molecule has 0 aromatic heterocycles. The Morgan fingerprint density at radius 3 is 2.29 bits per heavy atom. The summed E-state index contributed by atoms with van der Waals surface area (Å²) in [7, 11) is 0. The number of carbonyl (C=O) groups excluding carboxylic acids is 1. The van der Waals surface area contributed by atoms with Crippen molar-refractivity contribution in [1.82, 2.24) is 4.90 Å². The van der Waals surface area contributed by atoms with E-state index in [0.717, 1.165) is 32.2 Å². The van der Waals surface area contributed by atoms with Gasteiger partial charge in [0.25, 0.3) is 0 Å². The number of nitrogens with zero attached hydrogens (tertiary/aromatic N) is 1. The van der Waals surface area contributed by atoms with Crippen LogP contribution in [0.2, 0.25) is 0 Å². The molecule has 2 N–H and O–H groups in total. The van der Waals surface area contributed by atoms with Crippen LogP contribution in [0.1, 0.15) is 73.1 Å². The minimum Gasteiger partial charge on any atom is -0.339 e. The largest absolute Gasteiger partial charge is 0.339 e. The van der Waals surface area contributed by atoms with Crippen molar-refractivity contribution in [1.29, 1.82) is 0 Å². The van der Waals surface area contributed by atoms with Gasteiger partial charge >= 0.3 is 0 Å². The molecule has 0 aromatic carbocycles. The predicted molar refractivity (Wildman–Crippen MR) is 90.0 cm³/mol. The number of rotatable bonds is 7. The van der Waals surface area contributed by atoms with Crippen LogP contribution in [0, 0.1) is 17.8 Å². The van der Waals surface area contributed by atoms with Gasteiger partial charge in [-0.3, -0.25) is 4.79 Å². The summed E-state index contributed by atoms with van der Waals surface area (Å²) in [5, 5.41) is 0. The van der Waals surface area contributed by atoms with E-state index in [1.807, 2.05) is 0 Å². The monoisotopic (exact) mass is 296 g/mol. The van der Waals surface area contributed by atoms with Crippen LogP contribution in [-0.2, 0) is 4.79 Å². The standard InChI is InChI=1S/C18H36N2O/c1-6-17(7-2)20(12-13(3)4)18(21)14(5)15-9-8-10-16(19)11-15/h13-17H,6-12,19H2,1-5H3. The first kappa shape index (κ1) is 18.5. The van der Waals surface area contributed by atoms with Gasteiger partial charge in [-0.25, -0.2) is 0 Å². The Kier molecular flexibility index (Phi) is 7.72. The molecule has 3 nitrogen and oxygen atoms in total. The molecule has 3 atom stereocenters. The first-order chi connectivity index (χ1) is 9.90. The summed E-state index contributed by atoms with van der Waals surface area (Å²) in [6, 6.07) is 0.685. The fourth-order valence-electron chi connectivity index (χ4n) is 3.73. The van der Waals surface area contributed by atoms with Gasteiger partial charge in [0.05, 0.1) is 0 Å². The Bertz CT molecular complexity index is 312. The highest BCUT2D eigenvalue weighted by atomic mass is 16.2. The second kappa shape index (κ2) is 8.77. The molecule has 0 aromatic rings. The molecule has 3 heteroatoms. The number of carbonyl (C=O) groups is 1. The van der Waals surface area contributed by atoms with Crippen molar-refractivity contribution >= 4 is 5.91 Å². The molecule has 0 bridgehead atoms. The molecule has 0 aliphatic heterocycles. The molecule has 0 heterocycles. The maximum atomic E-state index is 13.0. The zero-order valence-electron chi connectivity index (χ0n) is 14.8. The Hall–Kier alpha value is -0.570. The van der Waals surface area contributed by atoms with Crippen LogP contribution < -0.4 is 5.73 Å². The van der Waals surface area contributed by atoms with E-state index in [1.165, 1.54) is 12.8 Å². The summed E-state index contributed by atoms with van der Waals surface area (Å²) >= 11 is 0. The van der Waals surface area contributed by atoms with Crippen LogP contribution >= 0.6 is 0 Å². The zero-order valence-corrected chi connectivity index (χ0v) is 14.8. The molecule has 0 radical (unpaired) electrons. The van der Waals surface area contributed by atoms with Crippen molar-refractivity contribution in [3.05, 3.63) is 0 Å². The van der Waals surface area contributed by atoms with Gasteiger partial charge < -0.3 is 10.6 Å². The molecule has 0 spiro atoms. The molecule has 21 heavy (non-hydrogen) atoms. The van der Waals surface area contributed by atoms with Gasteiger partial charge in [-0.1, -0.05) is 41.0 Å². The first-order valence-electron chi connectivity index (χ1n) is 8.96. The second-order valence-electron chi connectivity index (χ2n) is 7.33. The summed E-state index contributed by atoms with van der Waals surface area (Å²) in [5.41, 5.74) is 6.11. The Morgan fingerprint density at radius 1 is 1.19 bits per heavy atom. The third-order valence-corrected chi connectivity index (χ3v) is 5.08. The maximum absolute atomic E-state index is 13.0. The van der Waals surface area contributed by atoms with Crippen LogP contribution in [0.3, 0.4) is 0 Å². The number of nitrogens with two attached hydrogens (primary N) is 1. The average molecular weight is 296 g/mol. The normalized spacial score (nSPS) is 24.4. The molecule has 1 rings (SSSR count). The zero-order chi connectivity index (χ0) is 16.0. The fraction of sp³-hybridized carbons (Fsp3) is 0.944. The molecule has 1 saturated carbocycles. The minimum atomic E-state index is 0.121. The smallest absolute Gasteiger partial charge is 0.225 e. The van der Waals surface area contributed by atoms with Crippen molar-refractivity contribution in [3.63, 3.8) is 0 Å². The molecule has 124 valence electrons. The van der Waals surface area contributed by atoms with Gasteiger partial charge in [0.15, 0.2) is 0 Å². The lowest BCUT2D eigenvalue weighted by Gasteiger charge is -2.38. The van der Waals surface area contributed by atoms with Crippen molar-refractivity contribution in [2.45, 2.75) is 85.2 Å². The molecule has 1 amide bonds. The summed E-state index contributed by atoms with van der Waals surface area (Å²) in [6.07, 6.45) is 6.58. The molecular formula is C18H36N2O. The predicted octanol–water partition coefficient (Wildman–Crippen LogP) is 3.81. The topological polar surface area (TPSA) is 46.3 Å². The second-order valence-corrected chi connectivity index (χ2v) is 7.33. The van der Waals surface area contributed by atoms with E-state index >= 15 is 0 Å². The van der Waals surface area contributed by atoms with Gasteiger partial charge in [0.2, 0.25) is 5.91 Å². The third-order valence-electron chi connectivity index (χ3n) is 5.08. The van der Waals surface area contributed by atoms with Crippen LogP contribution in [0.25, 0.3) is 0 Å². The lowest BCUT2D eigenvalue weighted by atomic mass is 9.78. The van der Waals surface area contributed by atoms with Gasteiger partial charge in [-0.05, 0) is 43.9 Å². The van der Waals surface area contributed by atoms with Crippen LogP contribution in [-0.4, -0.2) is 29.4 Å². The highest BCUT2D eigenvalue weighted by Gasteiger charge is 2.33. The van der Waals surface area contributed by atoms with Crippen molar-refractivity contribution in [3.8, 4) is 0 Å². The lowest BCUT2D eigenvalue weighted by molar-refractivity contribution is -0.140. The van der Waals surface area contributed by atoms with Gasteiger partial charge in [-0.15, -0.1) is 0 Å². The molecule has 0 saturated heterocycles. The van der Waals surface area contributed by atoms with E-state index in [2.05, 4.69) is 39.5 Å². The van der Waals surface area contributed by atoms with Gasteiger partial charge in [0, 0.05) is 24.5 Å². The van der Waals surface area contributed by atoms with Gasteiger partial charge in [0.1, 0.15) is 0 Å². The molecule has 3 unspecified atom stereocenters. The van der Waals surface area contributed by atoms with Crippen LogP contribution in [0.4, 0.5) is 0 Å². The summed E-state index contributed by atoms with van der Waals surface area (Å²) in [5.74, 6) is 1.48. The molecular weight excluding hydrogens is 260 g/mol. The van der Waals surface area contributed by atoms with E-state index in [1.54, 1.807) is 0 Å². The number of hydrogen-bond donors (Lipinski definition) is 1. The minimum absolute atomic E-state index is 0.121. The lowest BCUT2D eigenvalue weighted by Crippen LogP contribution is -2.47. The fourth-order valence-corrected chi connectivity index (χ4v) is 3.73. The Labute approximate surface area is 131 Å². The van der Waals surface area contributed by atoms with E-state index in [4.69, 9.17) is 5.73 Å². The highest BCUT2D eigenvalue weighted by molar-refractivity contribution is 5.79. The van der Waals surface area contributed by atoms with E-state index < -0.39 is 0 Å². The maximum Gasteiger partial charge on any atom is 0.225 e. The van der Waals surface area contributed by atoms with E-state index in [0.29, 0.717) is 29.8 Å². The summed E-state index contributed by atoms with van der Waals surface area (Å²) < 4.78 is 0. The quantitative estimate of drug-likeness (QED) is 0.776. The summed E-state index contributed by atoms with van der Waals surface area (Å²) in [6.45, 7) is 11.8. The third kappa shape index (κ3) is 5.28. The Morgan fingerprint density at radius 2 is 1.81 bits per heavy atom. The average Bonchev–Trinajstić information content (AvgIpc) is 2.45. The molecule has 1 fully saturated rings. The van der Waals surface area contributed by atoms with Crippen molar-refractivity contribution in [2.75, 3.05) is 6.54 Å². The number of hydrogen-bond acceptors (Lipinski definition) is 2. The molecule has 1 aliphatic carbocycles. The SMILES string of the molecule is CCC(CC)N(CC(C)C)C(=O)C(C)C1CCCC(N)C1. The summed E-state index contributed by atoms with van der Waals surface area (Å²) in [4.78, 5) is 15.2. The van der Waals surface area contributed by atoms with Crippen LogP contribution in [0.15, 0.2) is 0 Å². The molecule has 1 aliphatic rings. The van der Waals surface area contributed by atoms with E-state index in [9.17, 15) is 4.79 Å². The highest BCUT2D eigenvalue weighted by Crippen LogP contribution is 2.31. The first-order valence-corrected chi connectivity index (χ1v) is 8.96. The van der Waals surface area contributed by atoms with Crippen molar-refractivity contribution in [2.24, 2.45) is 23.5 Å². The van der Waals surface area contributed by atoms with Gasteiger partial charge in [-0.2, -0.15) is 0 Å². The van der Waals surface area contributed by atoms with Crippen molar-refractivity contribution < 1.29 is 4.79 Å². The van der Waals surface area contributed by atoms with E-state index in [-0.39, 0.29) is 5.92 Å². The Balaban J connectivity index is 2.77. The number of amides is 1. The van der Waals surface area contributed by atoms with Crippen LogP contribution in [0.5, 0.6) is 0 Å².